The maximum atomic E-state index is 10.5. The van der Waals surface area contributed by atoms with E-state index in [0.29, 0.717) is 6.54 Å². The Balaban J connectivity index is 1.67. The molecule has 7 nitrogen and oxygen atoms in total. The van der Waals surface area contributed by atoms with Crippen LogP contribution < -0.4 is 5.32 Å². The molecule has 0 bridgehead atoms. The summed E-state index contributed by atoms with van der Waals surface area (Å²) in [7, 11) is 0. The van der Waals surface area contributed by atoms with E-state index < -0.39 is 11.0 Å². The van der Waals surface area contributed by atoms with Gasteiger partial charge in [-0.15, -0.1) is 11.3 Å². The van der Waals surface area contributed by atoms with Crippen LogP contribution in [0.2, 0.25) is 4.34 Å². The van der Waals surface area contributed by atoms with Gasteiger partial charge in [0.25, 0.3) is 0 Å². The third-order valence-electron chi connectivity index (χ3n) is 2.79. The molecule has 2 rings (SSSR count). The summed E-state index contributed by atoms with van der Waals surface area (Å²) in [6, 6.07) is 3.84. The van der Waals surface area contributed by atoms with Crippen LogP contribution in [-0.4, -0.2) is 39.0 Å². The molecule has 0 amide bonds. The quantitative estimate of drug-likeness (QED) is 0.436. The minimum Gasteiger partial charge on any atom is -0.390 e. The normalized spacial score (nSPS) is 12.5. The van der Waals surface area contributed by atoms with Crippen molar-refractivity contribution in [3.63, 3.8) is 0 Å². The molecule has 0 saturated carbocycles. The molecule has 9 heteroatoms. The Labute approximate surface area is 130 Å². The highest BCUT2D eigenvalue weighted by Gasteiger charge is 2.11. The molecule has 0 saturated heterocycles. The molecule has 0 aliphatic carbocycles. The van der Waals surface area contributed by atoms with Gasteiger partial charge in [0.2, 0.25) is 0 Å². The number of hydrogen-bond acceptors (Lipinski definition) is 6. The Morgan fingerprint density at radius 1 is 1.57 bits per heavy atom. The average molecular weight is 331 g/mol. The number of rotatable bonds is 8. The fourth-order valence-corrected chi connectivity index (χ4v) is 2.88. The lowest BCUT2D eigenvalue weighted by Gasteiger charge is -2.11. The van der Waals surface area contributed by atoms with E-state index in [4.69, 9.17) is 11.6 Å². The van der Waals surface area contributed by atoms with Crippen molar-refractivity contribution in [3.8, 4) is 0 Å². The summed E-state index contributed by atoms with van der Waals surface area (Å²) < 4.78 is 2.13. The zero-order chi connectivity index (χ0) is 15.2. The highest BCUT2D eigenvalue weighted by Crippen LogP contribution is 2.21. The van der Waals surface area contributed by atoms with E-state index in [1.807, 2.05) is 12.1 Å². The van der Waals surface area contributed by atoms with Crippen molar-refractivity contribution in [1.29, 1.82) is 0 Å². The second-order valence-electron chi connectivity index (χ2n) is 4.49. The number of halogens is 1. The third-order valence-corrected chi connectivity index (χ3v) is 4.08. The molecular weight excluding hydrogens is 316 g/mol. The summed E-state index contributed by atoms with van der Waals surface area (Å²) in [6.45, 7) is 1.34. The monoisotopic (exact) mass is 330 g/mol. The van der Waals surface area contributed by atoms with Gasteiger partial charge in [-0.25, -0.2) is 0 Å². The number of aromatic nitrogens is 2. The van der Waals surface area contributed by atoms with Crippen LogP contribution >= 0.6 is 22.9 Å². The Bertz CT molecular complexity index is 601. The average Bonchev–Trinajstić information content (AvgIpc) is 3.04. The van der Waals surface area contributed by atoms with Crippen LogP contribution in [0.25, 0.3) is 0 Å². The molecule has 0 aromatic carbocycles. The van der Waals surface area contributed by atoms with Crippen molar-refractivity contribution in [3.05, 3.63) is 43.9 Å². The SMILES string of the molecule is O=[N+]([O-])c1cnn(CC(O)CNCCc2ccc(Cl)s2)c1. The zero-order valence-electron chi connectivity index (χ0n) is 11.1. The van der Waals surface area contributed by atoms with Gasteiger partial charge in [-0.2, -0.15) is 5.10 Å². The first-order valence-electron chi connectivity index (χ1n) is 6.34. The van der Waals surface area contributed by atoms with E-state index >= 15 is 0 Å². The van der Waals surface area contributed by atoms with Crippen molar-refractivity contribution in [2.24, 2.45) is 0 Å². The topological polar surface area (TPSA) is 93.2 Å². The van der Waals surface area contributed by atoms with E-state index in [0.717, 1.165) is 17.3 Å². The Kier molecular flexibility index (Phi) is 5.68. The molecule has 2 N–H and O–H groups in total. The molecule has 0 radical (unpaired) electrons. The van der Waals surface area contributed by atoms with Crippen molar-refractivity contribution < 1.29 is 10.0 Å². The van der Waals surface area contributed by atoms with E-state index in [9.17, 15) is 15.2 Å². The summed E-state index contributed by atoms with van der Waals surface area (Å²) in [5, 5.41) is 27.3. The van der Waals surface area contributed by atoms with Gasteiger partial charge in [0.1, 0.15) is 12.4 Å². The van der Waals surface area contributed by atoms with Gasteiger partial charge >= 0.3 is 5.69 Å². The van der Waals surface area contributed by atoms with Gasteiger partial charge in [-0.3, -0.25) is 14.8 Å². The van der Waals surface area contributed by atoms with Gasteiger partial charge in [0, 0.05) is 18.0 Å². The van der Waals surface area contributed by atoms with Crippen molar-refractivity contribution in [2.75, 3.05) is 13.1 Å². The van der Waals surface area contributed by atoms with Crippen LogP contribution in [0.3, 0.4) is 0 Å². The van der Waals surface area contributed by atoms with Crippen LogP contribution in [0.5, 0.6) is 0 Å². The van der Waals surface area contributed by atoms with Crippen molar-refractivity contribution in [1.82, 2.24) is 15.1 Å². The molecule has 0 fully saturated rings. The fourth-order valence-electron chi connectivity index (χ4n) is 1.79. The summed E-state index contributed by atoms with van der Waals surface area (Å²) in [4.78, 5) is 11.2. The Hall–Kier alpha value is -1.48. The van der Waals surface area contributed by atoms with Crippen LogP contribution in [0.4, 0.5) is 5.69 Å². The molecule has 2 heterocycles. The highest BCUT2D eigenvalue weighted by molar-refractivity contribution is 7.16. The lowest BCUT2D eigenvalue weighted by Crippen LogP contribution is -2.31. The molecule has 114 valence electrons. The first-order valence-corrected chi connectivity index (χ1v) is 7.54. The predicted molar refractivity (Wildman–Crippen MR) is 80.8 cm³/mol. The van der Waals surface area contributed by atoms with Crippen LogP contribution in [0.15, 0.2) is 24.5 Å². The van der Waals surface area contributed by atoms with E-state index in [1.165, 1.54) is 33.3 Å². The molecule has 2 aromatic rings. The van der Waals surface area contributed by atoms with Crippen LogP contribution in [-0.2, 0) is 13.0 Å². The van der Waals surface area contributed by atoms with Gasteiger partial charge in [-0.1, -0.05) is 11.6 Å². The van der Waals surface area contributed by atoms with Crippen LogP contribution in [0.1, 0.15) is 4.88 Å². The number of nitrogens with one attached hydrogen (secondary N) is 1. The predicted octanol–water partition coefficient (Wildman–Crippen LogP) is 1.70. The highest BCUT2D eigenvalue weighted by atomic mass is 35.5. The largest absolute Gasteiger partial charge is 0.390 e. The zero-order valence-corrected chi connectivity index (χ0v) is 12.7. The molecule has 1 unspecified atom stereocenters. The van der Waals surface area contributed by atoms with E-state index in [2.05, 4.69) is 10.4 Å². The van der Waals surface area contributed by atoms with E-state index in [-0.39, 0.29) is 12.2 Å². The van der Waals surface area contributed by atoms with Crippen molar-refractivity contribution >= 4 is 28.6 Å². The second-order valence-corrected chi connectivity index (χ2v) is 6.29. The maximum Gasteiger partial charge on any atom is 0.306 e. The number of thiophene rings is 1. The summed E-state index contributed by atoms with van der Waals surface area (Å²) in [6.07, 6.45) is 2.66. The molecule has 1 atom stereocenters. The number of nitrogens with zero attached hydrogens (tertiary/aromatic N) is 3. The number of nitro groups is 1. The molecular formula is C12H15ClN4O3S. The first kappa shape index (κ1) is 15.9. The van der Waals surface area contributed by atoms with Crippen LogP contribution in [0, 0.1) is 10.1 Å². The van der Waals surface area contributed by atoms with Gasteiger partial charge in [0.15, 0.2) is 0 Å². The smallest absolute Gasteiger partial charge is 0.306 e. The Morgan fingerprint density at radius 3 is 3.00 bits per heavy atom. The summed E-state index contributed by atoms with van der Waals surface area (Å²) >= 11 is 7.38. The summed E-state index contributed by atoms with van der Waals surface area (Å²) in [5.41, 5.74) is -0.0790. The number of hydrogen-bond donors (Lipinski definition) is 2. The van der Waals surface area contributed by atoms with Gasteiger partial charge in [0.05, 0.1) is 21.9 Å². The second kappa shape index (κ2) is 7.51. The molecule has 0 aliphatic heterocycles. The minimum absolute atomic E-state index is 0.0790. The van der Waals surface area contributed by atoms with Crippen molar-refractivity contribution in [2.45, 2.75) is 19.1 Å². The Morgan fingerprint density at radius 2 is 2.38 bits per heavy atom. The standard InChI is InChI=1S/C12H15ClN4O3S/c13-12-2-1-11(21-12)3-4-14-6-10(18)8-16-7-9(5-15-16)17(19)20/h1-2,5,7,10,14,18H,3-4,6,8H2. The maximum absolute atomic E-state index is 10.5. The number of aliphatic hydroxyl groups is 1. The number of aliphatic hydroxyl groups excluding tert-OH is 1. The minimum atomic E-state index is -0.656. The molecule has 21 heavy (non-hydrogen) atoms. The molecule has 0 spiro atoms. The van der Waals surface area contributed by atoms with Gasteiger partial charge in [-0.05, 0) is 18.6 Å². The lowest BCUT2D eigenvalue weighted by atomic mass is 10.3. The summed E-state index contributed by atoms with van der Waals surface area (Å²) in [5.74, 6) is 0. The fraction of sp³-hybridized carbons (Fsp3) is 0.417. The molecule has 0 aliphatic rings. The lowest BCUT2D eigenvalue weighted by molar-refractivity contribution is -0.385. The van der Waals surface area contributed by atoms with E-state index in [1.54, 1.807) is 0 Å². The molecule has 2 aromatic heterocycles. The third kappa shape index (κ3) is 5.09. The first-order chi connectivity index (χ1) is 10.0. The van der Waals surface area contributed by atoms with Gasteiger partial charge < -0.3 is 10.4 Å².